The zero-order valence-electron chi connectivity index (χ0n) is 10.2. The summed E-state index contributed by atoms with van der Waals surface area (Å²) in [6, 6.07) is 4.80. The number of aromatic nitrogens is 1. The minimum atomic E-state index is -1.15. The number of nitrogens with zero attached hydrogens (tertiary/aromatic N) is 1. The third-order valence-corrected chi connectivity index (χ3v) is 3.59. The van der Waals surface area contributed by atoms with E-state index in [9.17, 15) is 4.79 Å². The molecule has 0 spiro atoms. The van der Waals surface area contributed by atoms with Gasteiger partial charge in [0.15, 0.2) is 11.5 Å². The molecule has 0 unspecified atom stereocenters. The molecule has 6 nitrogen and oxygen atoms in total. The highest BCUT2D eigenvalue weighted by atomic mass is 79.9. The van der Waals surface area contributed by atoms with E-state index in [4.69, 9.17) is 19.1 Å². The second-order valence-corrected chi connectivity index (χ2v) is 5.40. The van der Waals surface area contributed by atoms with E-state index in [1.807, 2.05) is 0 Å². The monoisotopic (exact) mass is 405 g/mol. The van der Waals surface area contributed by atoms with Crippen molar-refractivity contribution in [2.24, 2.45) is 0 Å². The first-order valence-electron chi connectivity index (χ1n) is 5.36. The molecule has 0 saturated heterocycles. The predicted molar refractivity (Wildman–Crippen MR) is 76.2 cm³/mol. The van der Waals surface area contributed by atoms with Gasteiger partial charge in [-0.2, -0.15) is 0 Å². The van der Waals surface area contributed by atoms with Gasteiger partial charge in [-0.3, -0.25) is 0 Å². The van der Waals surface area contributed by atoms with Crippen molar-refractivity contribution in [3.8, 4) is 11.5 Å². The van der Waals surface area contributed by atoms with Crippen LogP contribution in [0.15, 0.2) is 31.7 Å². The highest BCUT2D eigenvalue weighted by Crippen LogP contribution is 2.36. The molecule has 0 radical (unpaired) electrons. The summed E-state index contributed by atoms with van der Waals surface area (Å²) in [5, 5.41) is 12.1. The lowest BCUT2D eigenvalue weighted by atomic mass is 10.3. The topological polar surface area (TPSA) is 81.8 Å². The molecule has 0 bridgehead atoms. The van der Waals surface area contributed by atoms with Gasteiger partial charge in [0.1, 0.15) is 18.1 Å². The van der Waals surface area contributed by atoms with Crippen molar-refractivity contribution in [2.75, 3.05) is 7.11 Å². The average Bonchev–Trinajstić information content (AvgIpc) is 2.88. The van der Waals surface area contributed by atoms with E-state index < -0.39 is 5.97 Å². The fourth-order valence-electron chi connectivity index (χ4n) is 1.41. The first-order chi connectivity index (χ1) is 9.51. The molecule has 0 amide bonds. The van der Waals surface area contributed by atoms with Gasteiger partial charge in [0.25, 0.3) is 0 Å². The molecule has 106 valence electrons. The Balaban J connectivity index is 2.10. The fraction of sp³-hybridized carbons (Fsp3) is 0.167. The Hall–Kier alpha value is -1.54. The number of hydrogen-bond donors (Lipinski definition) is 1. The third-order valence-electron chi connectivity index (χ3n) is 2.35. The van der Waals surface area contributed by atoms with Crippen LogP contribution >= 0.6 is 31.9 Å². The van der Waals surface area contributed by atoms with Crippen molar-refractivity contribution < 1.29 is 23.9 Å². The minimum absolute atomic E-state index is 0.0671. The molecule has 20 heavy (non-hydrogen) atoms. The summed E-state index contributed by atoms with van der Waals surface area (Å²) in [6.07, 6.45) is 0. The quantitative estimate of drug-likeness (QED) is 0.818. The summed E-state index contributed by atoms with van der Waals surface area (Å²) in [5.74, 6) is 0.401. The number of carbonyl (C=O) groups is 1. The van der Waals surface area contributed by atoms with Gasteiger partial charge < -0.3 is 19.1 Å². The van der Waals surface area contributed by atoms with Crippen molar-refractivity contribution in [3.63, 3.8) is 0 Å². The molecule has 0 atom stereocenters. The van der Waals surface area contributed by atoms with Crippen LogP contribution in [-0.4, -0.2) is 23.3 Å². The van der Waals surface area contributed by atoms with E-state index >= 15 is 0 Å². The molecule has 1 aromatic heterocycles. The lowest BCUT2D eigenvalue weighted by molar-refractivity contribution is 0.0685. The van der Waals surface area contributed by atoms with Crippen LogP contribution in [-0.2, 0) is 6.61 Å². The average molecular weight is 407 g/mol. The first kappa shape index (κ1) is 14.9. The van der Waals surface area contributed by atoms with E-state index in [1.54, 1.807) is 19.2 Å². The van der Waals surface area contributed by atoms with Crippen LogP contribution in [0, 0.1) is 0 Å². The van der Waals surface area contributed by atoms with Gasteiger partial charge in [0, 0.05) is 6.07 Å². The SMILES string of the molecule is COc1cc(Br)c(OCc2cc(C(=O)O)no2)cc1Br. The molecule has 0 aliphatic heterocycles. The zero-order chi connectivity index (χ0) is 14.7. The Bertz CT molecular complexity index is 641. The second-order valence-electron chi connectivity index (χ2n) is 3.69. The van der Waals surface area contributed by atoms with E-state index in [0.29, 0.717) is 21.7 Å². The number of rotatable bonds is 5. The normalized spacial score (nSPS) is 10.3. The molecular weight excluding hydrogens is 398 g/mol. The summed E-state index contributed by atoms with van der Waals surface area (Å²) in [7, 11) is 1.56. The van der Waals surface area contributed by atoms with E-state index in [0.717, 1.165) is 4.47 Å². The number of methoxy groups -OCH3 is 1. The number of halogens is 2. The molecule has 0 aliphatic carbocycles. The van der Waals surface area contributed by atoms with Crippen molar-refractivity contribution in [2.45, 2.75) is 6.61 Å². The molecule has 8 heteroatoms. The van der Waals surface area contributed by atoms with Gasteiger partial charge in [-0.25, -0.2) is 4.79 Å². The minimum Gasteiger partial charge on any atom is -0.496 e. The standard InChI is InChI=1S/C12H9Br2NO5/c1-18-10-3-8(14)11(4-7(10)13)19-5-6-2-9(12(16)17)15-20-6/h2-4H,5H2,1H3,(H,16,17). The van der Waals surface area contributed by atoms with E-state index in [2.05, 4.69) is 37.0 Å². The maximum absolute atomic E-state index is 10.7. The Morgan fingerprint density at radius 1 is 1.30 bits per heavy atom. The molecule has 1 aromatic carbocycles. The van der Waals surface area contributed by atoms with Crippen LogP contribution in [0.5, 0.6) is 11.5 Å². The summed E-state index contributed by atoms with van der Waals surface area (Å²) in [4.78, 5) is 10.7. The largest absolute Gasteiger partial charge is 0.496 e. The van der Waals surface area contributed by atoms with Crippen LogP contribution in [0.1, 0.15) is 16.2 Å². The highest BCUT2D eigenvalue weighted by molar-refractivity contribution is 9.11. The summed E-state index contributed by atoms with van der Waals surface area (Å²) in [5.41, 5.74) is -0.154. The van der Waals surface area contributed by atoms with Gasteiger partial charge in [0.2, 0.25) is 0 Å². The lowest BCUT2D eigenvalue weighted by Gasteiger charge is -2.09. The van der Waals surface area contributed by atoms with Gasteiger partial charge in [-0.05, 0) is 44.0 Å². The number of carboxylic acid groups (broad SMARTS) is 1. The van der Waals surface area contributed by atoms with Crippen LogP contribution in [0.3, 0.4) is 0 Å². The van der Waals surface area contributed by atoms with E-state index in [1.165, 1.54) is 6.07 Å². The predicted octanol–water partition coefficient (Wildman–Crippen LogP) is 3.49. The zero-order valence-corrected chi connectivity index (χ0v) is 13.4. The van der Waals surface area contributed by atoms with Crippen molar-refractivity contribution in [1.82, 2.24) is 5.16 Å². The fourth-order valence-corrected chi connectivity index (χ4v) is 2.33. The molecule has 1 heterocycles. The Morgan fingerprint density at radius 2 is 1.95 bits per heavy atom. The number of aromatic carboxylic acids is 1. The maximum atomic E-state index is 10.7. The van der Waals surface area contributed by atoms with Gasteiger partial charge in [0.05, 0.1) is 16.1 Å². The molecule has 2 aromatic rings. The Labute approximate surface area is 130 Å². The van der Waals surface area contributed by atoms with Crippen molar-refractivity contribution in [1.29, 1.82) is 0 Å². The first-order valence-corrected chi connectivity index (χ1v) is 6.94. The smallest absolute Gasteiger partial charge is 0.358 e. The summed E-state index contributed by atoms with van der Waals surface area (Å²) in [6.45, 7) is 0.0671. The maximum Gasteiger partial charge on any atom is 0.358 e. The number of ether oxygens (including phenoxy) is 2. The van der Waals surface area contributed by atoms with Crippen LogP contribution in [0.2, 0.25) is 0 Å². The number of carboxylic acids is 1. The van der Waals surface area contributed by atoms with Crippen molar-refractivity contribution >= 4 is 37.8 Å². The molecule has 0 fully saturated rings. The molecule has 0 saturated carbocycles. The summed E-state index contributed by atoms with van der Waals surface area (Å²) >= 11 is 6.71. The van der Waals surface area contributed by atoms with Gasteiger partial charge >= 0.3 is 5.97 Å². The second kappa shape index (κ2) is 6.27. The number of benzene rings is 1. The molecular formula is C12H9Br2NO5. The van der Waals surface area contributed by atoms with Crippen LogP contribution in [0.4, 0.5) is 0 Å². The third kappa shape index (κ3) is 3.31. The Morgan fingerprint density at radius 3 is 2.55 bits per heavy atom. The number of hydrogen-bond acceptors (Lipinski definition) is 5. The van der Waals surface area contributed by atoms with Gasteiger partial charge in [-0.1, -0.05) is 5.16 Å². The highest BCUT2D eigenvalue weighted by Gasteiger charge is 2.13. The Kier molecular flexibility index (Phi) is 4.66. The van der Waals surface area contributed by atoms with E-state index in [-0.39, 0.29) is 12.3 Å². The molecule has 2 rings (SSSR count). The lowest BCUT2D eigenvalue weighted by Crippen LogP contribution is -1.97. The van der Waals surface area contributed by atoms with Crippen LogP contribution in [0.25, 0.3) is 0 Å². The van der Waals surface area contributed by atoms with Crippen molar-refractivity contribution in [3.05, 3.63) is 38.6 Å². The molecule has 1 N–H and O–H groups in total. The summed E-state index contributed by atoms with van der Waals surface area (Å²) < 4.78 is 17.0. The van der Waals surface area contributed by atoms with Crippen LogP contribution < -0.4 is 9.47 Å². The molecule has 0 aliphatic rings. The van der Waals surface area contributed by atoms with Gasteiger partial charge in [-0.15, -0.1) is 0 Å².